The minimum absolute atomic E-state index is 0.134. The van der Waals surface area contributed by atoms with E-state index < -0.39 is 5.60 Å². The van der Waals surface area contributed by atoms with E-state index in [1.165, 1.54) is 30.4 Å². The molecule has 0 aromatic rings. The first-order valence-electron chi connectivity index (χ1n) is 8.04. The molecule has 2 aliphatic rings. The average molecular weight is 293 g/mol. The van der Waals surface area contributed by atoms with Crippen LogP contribution in [0.3, 0.4) is 0 Å². The van der Waals surface area contributed by atoms with Gasteiger partial charge in [0.15, 0.2) is 5.78 Å². The molecule has 0 bridgehead atoms. The molecule has 0 saturated heterocycles. The first-order valence-corrected chi connectivity index (χ1v) is 8.04. The summed E-state index contributed by atoms with van der Waals surface area (Å²) in [5.74, 6) is 0.134. The first kappa shape index (κ1) is 16.1. The van der Waals surface area contributed by atoms with Crippen molar-refractivity contribution in [2.45, 2.75) is 71.3 Å². The van der Waals surface area contributed by atoms with Crippen molar-refractivity contribution in [2.75, 3.05) is 13.1 Å². The molecular formula is C17H27NO3. The van der Waals surface area contributed by atoms with Crippen molar-refractivity contribution in [1.29, 1.82) is 0 Å². The fourth-order valence-electron chi connectivity index (χ4n) is 3.06. The van der Waals surface area contributed by atoms with Crippen molar-refractivity contribution in [3.05, 3.63) is 11.1 Å². The van der Waals surface area contributed by atoms with Crippen LogP contribution in [0, 0.1) is 0 Å². The van der Waals surface area contributed by atoms with E-state index in [1.54, 1.807) is 4.90 Å². The SMILES string of the molecule is CC(C)(C)OC(=O)N1CCC2=C(CCCCC2)CC(=O)C1. The van der Waals surface area contributed by atoms with Gasteiger partial charge in [0.1, 0.15) is 5.60 Å². The summed E-state index contributed by atoms with van der Waals surface area (Å²) in [6.45, 7) is 6.33. The van der Waals surface area contributed by atoms with Crippen LogP contribution in [0.25, 0.3) is 0 Å². The van der Waals surface area contributed by atoms with Crippen LogP contribution in [-0.2, 0) is 9.53 Å². The summed E-state index contributed by atoms with van der Waals surface area (Å²) in [5.41, 5.74) is 2.24. The zero-order valence-corrected chi connectivity index (χ0v) is 13.5. The van der Waals surface area contributed by atoms with Gasteiger partial charge in [0.25, 0.3) is 0 Å². The van der Waals surface area contributed by atoms with Crippen LogP contribution < -0.4 is 0 Å². The minimum Gasteiger partial charge on any atom is -0.444 e. The molecular weight excluding hydrogens is 266 g/mol. The molecule has 1 aliphatic carbocycles. The third kappa shape index (κ3) is 4.87. The van der Waals surface area contributed by atoms with E-state index in [1.807, 2.05) is 20.8 Å². The lowest BCUT2D eigenvalue weighted by Gasteiger charge is -2.29. The van der Waals surface area contributed by atoms with Gasteiger partial charge in [0, 0.05) is 13.0 Å². The highest BCUT2D eigenvalue weighted by molar-refractivity contribution is 5.86. The molecule has 2 rings (SSSR count). The number of allylic oxidation sites excluding steroid dienone is 1. The molecule has 0 saturated carbocycles. The number of carbonyl (C=O) groups excluding carboxylic acids is 2. The zero-order chi connectivity index (χ0) is 15.5. The Morgan fingerprint density at radius 2 is 1.71 bits per heavy atom. The van der Waals surface area contributed by atoms with E-state index in [-0.39, 0.29) is 18.4 Å². The van der Waals surface area contributed by atoms with E-state index in [9.17, 15) is 9.59 Å². The number of ether oxygens (including phenoxy) is 1. The first-order chi connectivity index (χ1) is 9.85. The second kappa shape index (κ2) is 6.63. The lowest BCUT2D eigenvalue weighted by atomic mass is 9.94. The largest absolute Gasteiger partial charge is 0.444 e. The summed E-state index contributed by atoms with van der Waals surface area (Å²) in [4.78, 5) is 26.0. The Balaban J connectivity index is 2.07. The number of amides is 1. The Morgan fingerprint density at radius 3 is 2.38 bits per heavy atom. The maximum Gasteiger partial charge on any atom is 0.410 e. The van der Waals surface area contributed by atoms with Crippen LogP contribution in [0.15, 0.2) is 11.1 Å². The van der Waals surface area contributed by atoms with Crippen molar-refractivity contribution >= 4 is 11.9 Å². The zero-order valence-electron chi connectivity index (χ0n) is 13.5. The Morgan fingerprint density at radius 1 is 1.05 bits per heavy atom. The topological polar surface area (TPSA) is 46.6 Å². The van der Waals surface area contributed by atoms with Gasteiger partial charge >= 0.3 is 6.09 Å². The lowest BCUT2D eigenvalue weighted by molar-refractivity contribution is -0.119. The summed E-state index contributed by atoms with van der Waals surface area (Å²) in [5, 5.41) is 0. The summed E-state index contributed by atoms with van der Waals surface area (Å²) in [7, 11) is 0. The quantitative estimate of drug-likeness (QED) is 0.637. The van der Waals surface area contributed by atoms with Crippen LogP contribution in [0.1, 0.15) is 65.7 Å². The van der Waals surface area contributed by atoms with Crippen LogP contribution in [0.2, 0.25) is 0 Å². The monoisotopic (exact) mass is 293 g/mol. The van der Waals surface area contributed by atoms with E-state index in [0.29, 0.717) is 13.0 Å². The second-order valence-electron chi connectivity index (χ2n) is 7.14. The number of carbonyl (C=O) groups is 2. The number of Topliss-reactive ketones (excluding diaryl/α,β-unsaturated/α-hetero) is 1. The van der Waals surface area contributed by atoms with Gasteiger partial charge < -0.3 is 9.64 Å². The van der Waals surface area contributed by atoms with E-state index in [0.717, 1.165) is 19.3 Å². The molecule has 118 valence electrons. The third-order valence-electron chi connectivity index (χ3n) is 4.07. The van der Waals surface area contributed by atoms with Crippen LogP contribution >= 0.6 is 0 Å². The Labute approximate surface area is 127 Å². The second-order valence-corrected chi connectivity index (χ2v) is 7.14. The maximum absolute atomic E-state index is 12.2. The molecule has 4 heteroatoms. The van der Waals surface area contributed by atoms with Crippen molar-refractivity contribution in [1.82, 2.24) is 4.90 Å². The van der Waals surface area contributed by atoms with Crippen molar-refractivity contribution in [2.24, 2.45) is 0 Å². The molecule has 1 heterocycles. The normalized spacial score (nSPS) is 21.3. The molecule has 0 spiro atoms. The van der Waals surface area contributed by atoms with Gasteiger partial charge in [-0.05, 0) is 52.9 Å². The summed E-state index contributed by atoms with van der Waals surface area (Å²) < 4.78 is 5.40. The maximum atomic E-state index is 12.2. The smallest absolute Gasteiger partial charge is 0.410 e. The van der Waals surface area contributed by atoms with E-state index in [2.05, 4.69) is 0 Å². The molecule has 0 aromatic heterocycles. The van der Waals surface area contributed by atoms with Gasteiger partial charge in [0.05, 0.1) is 6.54 Å². The van der Waals surface area contributed by atoms with Crippen molar-refractivity contribution < 1.29 is 14.3 Å². The lowest BCUT2D eigenvalue weighted by Crippen LogP contribution is -2.41. The average Bonchev–Trinajstić information content (AvgIpc) is 2.55. The van der Waals surface area contributed by atoms with Gasteiger partial charge in [-0.15, -0.1) is 0 Å². The summed E-state index contributed by atoms with van der Waals surface area (Å²) in [6, 6.07) is 0. The Hall–Kier alpha value is -1.32. The highest BCUT2D eigenvalue weighted by Gasteiger charge is 2.27. The van der Waals surface area contributed by atoms with Crippen molar-refractivity contribution in [3.63, 3.8) is 0 Å². The molecule has 1 amide bonds. The van der Waals surface area contributed by atoms with Gasteiger partial charge in [-0.25, -0.2) is 4.79 Å². The highest BCUT2D eigenvalue weighted by Crippen LogP contribution is 2.30. The molecule has 0 unspecified atom stereocenters. The van der Waals surface area contributed by atoms with Gasteiger partial charge in [-0.1, -0.05) is 17.6 Å². The Kier molecular flexibility index (Phi) is 5.07. The van der Waals surface area contributed by atoms with Crippen LogP contribution in [-0.4, -0.2) is 35.5 Å². The number of ketones is 1. The predicted molar refractivity (Wildman–Crippen MR) is 82.2 cm³/mol. The van der Waals surface area contributed by atoms with Gasteiger partial charge in [0.2, 0.25) is 0 Å². The predicted octanol–water partition coefficient (Wildman–Crippen LogP) is 3.85. The minimum atomic E-state index is -0.519. The number of rotatable bonds is 0. The molecule has 0 fully saturated rings. The molecule has 0 atom stereocenters. The van der Waals surface area contributed by atoms with Crippen LogP contribution in [0.4, 0.5) is 4.79 Å². The number of hydrogen-bond acceptors (Lipinski definition) is 3. The fourth-order valence-corrected chi connectivity index (χ4v) is 3.06. The van der Waals surface area contributed by atoms with Crippen LogP contribution in [0.5, 0.6) is 0 Å². The Bertz CT molecular complexity index is 445. The highest BCUT2D eigenvalue weighted by atomic mass is 16.6. The molecule has 0 radical (unpaired) electrons. The summed E-state index contributed by atoms with van der Waals surface area (Å²) >= 11 is 0. The number of hydrogen-bond donors (Lipinski definition) is 0. The molecule has 0 aromatic carbocycles. The van der Waals surface area contributed by atoms with Gasteiger partial charge in [-0.3, -0.25) is 4.79 Å². The molecule has 0 N–H and O–H groups in total. The molecule has 21 heavy (non-hydrogen) atoms. The summed E-state index contributed by atoms with van der Waals surface area (Å²) in [6.07, 6.45) is 6.85. The molecule has 4 nitrogen and oxygen atoms in total. The standard InChI is InChI=1S/C17H27NO3/c1-17(2,3)21-16(20)18-10-9-13-7-5-4-6-8-14(13)11-15(19)12-18/h4-12H2,1-3H3. The van der Waals surface area contributed by atoms with Gasteiger partial charge in [-0.2, -0.15) is 0 Å². The van der Waals surface area contributed by atoms with E-state index in [4.69, 9.17) is 4.74 Å². The third-order valence-corrected chi connectivity index (χ3v) is 4.07. The fraction of sp³-hybridized carbons (Fsp3) is 0.765. The molecule has 1 aliphatic heterocycles. The van der Waals surface area contributed by atoms with E-state index >= 15 is 0 Å². The number of nitrogens with zero attached hydrogens (tertiary/aromatic N) is 1. The van der Waals surface area contributed by atoms with Crippen molar-refractivity contribution in [3.8, 4) is 0 Å².